The third-order valence-electron chi connectivity index (χ3n) is 1.63. The predicted octanol–water partition coefficient (Wildman–Crippen LogP) is 1.55. The summed E-state index contributed by atoms with van der Waals surface area (Å²) >= 11 is 11.7. The zero-order chi connectivity index (χ0) is 10.1. The minimum absolute atomic E-state index is 0.161. The Bertz CT molecular complexity index is 467. The maximum Gasteiger partial charge on any atom is 0.245 e. The highest BCUT2D eigenvalue weighted by Gasteiger charge is 2.08. The molecule has 0 amide bonds. The molecule has 0 aliphatic carbocycles. The monoisotopic (exact) mass is 229 g/mol. The van der Waals surface area contributed by atoms with Gasteiger partial charge in [-0.3, -0.25) is 0 Å². The van der Waals surface area contributed by atoms with Crippen LogP contribution in [0.2, 0.25) is 10.0 Å². The van der Waals surface area contributed by atoms with Gasteiger partial charge in [0.05, 0.1) is 10.7 Å². The lowest BCUT2D eigenvalue weighted by molar-refractivity contribution is 0.792. The third kappa shape index (κ3) is 1.51. The summed E-state index contributed by atoms with van der Waals surface area (Å²) in [5.41, 5.74) is 6.07. The average molecular weight is 230 g/mol. The maximum atomic E-state index is 5.93. The molecule has 1 aromatic carbocycles. The van der Waals surface area contributed by atoms with Gasteiger partial charge in [-0.2, -0.15) is 4.68 Å². The second-order valence-corrected chi connectivity index (χ2v) is 3.39. The van der Waals surface area contributed by atoms with Crippen molar-refractivity contribution in [3.05, 3.63) is 28.2 Å². The number of nitrogens with two attached hydrogens (primary N) is 1. The Balaban J connectivity index is 2.62. The molecule has 1 heterocycles. The zero-order valence-corrected chi connectivity index (χ0v) is 8.37. The van der Waals surface area contributed by atoms with Crippen LogP contribution < -0.4 is 5.73 Å². The Morgan fingerprint density at radius 3 is 2.71 bits per heavy atom. The van der Waals surface area contributed by atoms with Crippen molar-refractivity contribution in [2.24, 2.45) is 0 Å². The van der Waals surface area contributed by atoms with Crippen molar-refractivity contribution in [2.45, 2.75) is 0 Å². The van der Waals surface area contributed by atoms with Crippen LogP contribution >= 0.6 is 23.2 Å². The van der Waals surface area contributed by atoms with Gasteiger partial charge < -0.3 is 5.73 Å². The number of benzene rings is 1. The van der Waals surface area contributed by atoms with Crippen LogP contribution in [0.4, 0.5) is 5.95 Å². The molecule has 72 valence electrons. The molecular formula is C7H5Cl2N5. The number of tetrazole rings is 1. The fourth-order valence-corrected chi connectivity index (χ4v) is 1.38. The van der Waals surface area contributed by atoms with Crippen molar-refractivity contribution in [1.29, 1.82) is 0 Å². The summed E-state index contributed by atoms with van der Waals surface area (Å²) in [7, 11) is 0. The van der Waals surface area contributed by atoms with Crippen LogP contribution in [-0.2, 0) is 0 Å². The van der Waals surface area contributed by atoms with Gasteiger partial charge in [0, 0.05) is 5.02 Å². The Labute approximate surface area is 89.4 Å². The number of rotatable bonds is 1. The maximum absolute atomic E-state index is 5.93. The van der Waals surface area contributed by atoms with Crippen molar-refractivity contribution in [2.75, 3.05) is 5.73 Å². The van der Waals surface area contributed by atoms with Crippen molar-refractivity contribution in [1.82, 2.24) is 20.2 Å². The highest BCUT2D eigenvalue weighted by Crippen LogP contribution is 2.24. The molecule has 0 saturated carbocycles. The van der Waals surface area contributed by atoms with E-state index in [2.05, 4.69) is 15.5 Å². The number of anilines is 1. The number of hydrogen-bond donors (Lipinski definition) is 1. The van der Waals surface area contributed by atoms with E-state index >= 15 is 0 Å². The van der Waals surface area contributed by atoms with Crippen LogP contribution in [0.25, 0.3) is 5.69 Å². The quantitative estimate of drug-likeness (QED) is 0.806. The van der Waals surface area contributed by atoms with Crippen molar-refractivity contribution < 1.29 is 0 Å². The van der Waals surface area contributed by atoms with Gasteiger partial charge >= 0.3 is 0 Å². The summed E-state index contributed by atoms with van der Waals surface area (Å²) in [6, 6.07) is 4.96. The van der Waals surface area contributed by atoms with Crippen LogP contribution in [0, 0.1) is 0 Å². The summed E-state index contributed by atoms with van der Waals surface area (Å²) in [5, 5.41) is 11.6. The van der Waals surface area contributed by atoms with Crippen LogP contribution in [0.15, 0.2) is 18.2 Å². The summed E-state index contributed by atoms with van der Waals surface area (Å²) in [5.74, 6) is 0.161. The molecule has 0 radical (unpaired) electrons. The summed E-state index contributed by atoms with van der Waals surface area (Å²) in [6.07, 6.45) is 0. The molecule has 0 atom stereocenters. The smallest absolute Gasteiger partial charge is 0.245 e. The molecule has 2 aromatic rings. The van der Waals surface area contributed by atoms with E-state index in [1.165, 1.54) is 4.68 Å². The van der Waals surface area contributed by atoms with Crippen molar-refractivity contribution >= 4 is 29.2 Å². The molecular weight excluding hydrogens is 225 g/mol. The third-order valence-corrected chi connectivity index (χ3v) is 2.18. The van der Waals surface area contributed by atoms with Gasteiger partial charge in [-0.25, -0.2) is 0 Å². The number of aromatic nitrogens is 4. The lowest BCUT2D eigenvalue weighted by Gasteiger charge is -2.03. The van der Waals surface area contributed by atoms with Gasteiger partial charge in [0.1, 0.15) is 0 Å². The molecule has 0 fully saturated rings. The molecule has 1 aromatic heterocycles. The lowest BCUT2D eigenvalue weighted by Crippen LogP contribution is -2.03. The zero-order valence-electron chi connectivity index (χ0n) is 6.85. The molecule has 2 N–H and O–H groups in total. The summed E-state index contributed by atoms with van der Waals surface area (Å²) in [6.45, 7) is 0. The van der Waals surface area contributed by atoms with Gasteiger partial charge in [-0.05, 0) is 28.6 Å². The minimum atomic E-state index is 0.161. The minimum Gasteiger partial charge on any atom is -0.366 e. The first-order chi connectivity index (χ1) is 6.68. The normalized spacial score (nSPS) is 10.4. The van der Waals surface area contributed by atoms with E-state index in [1.54, 1.807) is 18.2 Å². The first kappa shape index (κ1) is 9.23. The predicted molar refractivity (Wildman–Crippen MR) is 53.6 cm³/mol. The van der Waals surface area contributed by atoms with Gasteiger partial charge in [-0.1, -0.05) is 28.3 Å². The fourth-order valence-electron chi connectivity index (χ4n) is 1.01. The average Bonchev–Trinajstić information content (AvgIpc) is 2.56. The molecule has 5 nitrogen and oxygen atoms in total. The molecule has 14 heavy (non-hydrogen) atoms. The van der Waals surface area contributed by atoms with E-state index < -0.39 is 0 Å². The largest absolute Gasteiger partial charge is 0.366 e. The van der Waals surface area contributed by atoms with E-state index in [-0.39, 0.29) is 5.95 Å². The molecule has 0 bridgehead atoms. The molecule has 0 unspecified atom stereocenters. The van der Waals surface area contributed by atoms with Gasteiger partial charge in [-0.15, -0.1) is 0 Å². The first-order valence-corrected chi connectivity index (χ1v) is 4.43. The van der Waals surface area contributed by atoms with Crippen molar-refractivity contribution in [3.63, 3.8) is 0 Å². The Morgan fingerprint density at radius 1 is 1.29 bits per heavy atom. The molecule has 7 heteroatoms. The SMILES string of the molecule is Nc1nnnn1-c1cc(Cl)ccc1Cl. The summed E-state index contributed by atoms with van der Waals surface area (Å²) < 4.78 is 1.31. The fraction of sp³-hybridized carbons (Fsp3) is 0. The van der Waals surface area contributed by atoms with Gasteiger partial charge in [0.15, 0.2) is 0 Å². The molecule has 0 saturated heterocycles. The Hall–Kier alpha value is -1.33. The van der Waals surface area contributed by atoms with Crippen LogP contribution in [-0.4, -0.2) is 20.2 Å². The van der Waals surface area contributed by atoms with Crippen LogP contribution in [0.3, 0.4) is 0 Å². The number of halogens is 2. The second-order valence-electron chi connectivity index (χ2n) is 2.54. The highest BCUT2D eigenvalue weighted by atomic mass is 35.5. The highest BCUT2D eigenvalue weighted by molar-refractivity contribution is 6.34. The Kier molecular flexibility index (Phi) is 2.26. The molecule has 0 aliphatic heterocycles. The van der Waals surface area contributed by atoms with Gasteiger partial charge in [0.2, 0.25) is 5.95 Å². The molecule has 0 aliphatic rings. The van der Waals surface area contributed by atoms with E-state index in [0.29, 0.717) is 15.7 Å². The Morgan fingerprint density at radius 2 is 2.07 bits per heavy atom. The summed E-state index contributed by atoms with van der Waals surface area (Å²) in [4.78, 5) is 0. The van der Waals surface area contributed by atoms with Crippen LogP contribution in [0.1, 0.15) is 0 Å². The molecule has 0 spiro atoms. The molecule has 2 rings (SSSR count). The lowest BCUT2D eigenvalue weighted by atomic mass is 10.3. The van der Waals surface area contributed by atoms with E-state index in [9.17, 15) is 0 Å². The standard InChI is InChI=1S/C7H5Cl2N5/c8-4-1-2-5(9)6(3-4)14-7(10)11-12-13-14/h1-3H,(H2,10,11,13). The first-order valence-electron chi connectivity index (χ1n) is 3.68. The van der Waals surface area contributed by atoms with Crippen LogP contribution in [0.5, 0.6) is 0 Å². The topological polar surface area (TPSA) is 69.6 Å². The van der Waals surface area contributed by atoms with Gasteiger partial charge in [0.25, 0.3) is 0 Å². The van der Waals surface area contributed by atoms with Crippen molar-refractivity contribution in [3.8, 4) is 5.69 Å². The number of nitrogen functional groups attached to an aromatic ring is 1. The van der Waals surface area contributed by atoms with E-state index in [0.717, 1.165) is 0 Å². The van der Waals surface area contributed by atoms with E-state index in [4.69, 9.17) is 28.9 Å². The number of nitrogens with zero attached hydrogens (tertiary/aromatic N) is 4. The number of hydrogen-bond acceptors (Lipinski definition) is 4. The van der Waals surface area contributed by atoms with E-state index in [1.807, 2.05) is 0 Å². The second kappa shape index (κ2) is 3.43.